The van der Waals surface area contributed by atoms with E-state index in [2.05, 4.69) is 13.8 Å². The quantitative estimate of drug-likeness (QED) is 0.884. The average molecular weight is 232 g/mol. The zero-order valence-corrected chi connectivity index (χ0v) is 10.1. The number of hydrogen-bond acceptors (Lipinski definition) is 3. The van der Waals surface area contributed by atoms with E-state index in [0.717, 1.165) is 24.7 Å². The second-order valence-corrected chi connectivity index (χ2v) is 4.71. The zero-order valence-electron chi connectivity index (χ0n) is 10.1. The average Bonchev–Trinajstić information content (AvgIpc) is 2.31. The van der Waals surface area contributed by atoms with Gasteiger partial charge in [-0.15, -0.1) is 0 Å². The van der Waals surface area contributed by atoms with E-state index in [1.807, 2.05) is 12.1 Å². The van der Waals surface area contributed by atoms with Gasteiger partial charge in [0, 0.05) is 0 Å². The molecule has 90 valence electrons. The fraction of sp³-hybridized carbons (Fsp3) is 0.357. The molecule has 2 rings (SSSR count). The summed E-state index contributed by atoms with van der Waals surface area (Å²) in [6, 6.07) is 5.56. The summed E-state index contributed by atoms with van der Waals surface area (Å²) >= 11 is 0. The first-order valence-corrected chi connectivity index (χ1v) is 5.81. The molecular weight excluding hydrogens is 216 g/mol. The number of rotatable bonds is 3. The Hall–Kier alpha value is -1.77. The zero-order chi connectivity index (χ0) is 12.4. The lowest BCUT2D eigenvalue weighted by atomic mass is 10.0. The van der Waals surface area contributed by atoms with E-state index in [4.69, 9.17) is 4.42 Å². The van der Waals surface area contributed by atoms with Crippen molar-refractivity contribution in [3.8, 4) is 5.75 Å². The van der Waals surface area contributed by atoms with Gasteiger partial charge in [-0.2, -0.15) is 0 Å². The summed E-state index contributed by atoms with van der Waals surface area (Å²) in [5.74, 6) is 0.296. The van der Waals surface area contributed by atoms with Crippen LogP contribution in [0.4, 0.5) is 0 Å². The minimum Gasteiger partial charge on any atom is -0.502 e. The second-order valence-electron chi connectivity index (χ2n) is 4.71. The highest BCUT2D eigenvalue weighted by atomic mass is 16.3. The third kappa shape index (κ3) is 2.49. The van der Waals surface area contributed by atoms with E-state index < -0.39 is 0 Å². The van der Waals surface area contributed by atoms with Crippen molar-refractivity contribution in [3.63, 3.8) is 0 Å². The van der Waals surface area contributed by atoms with Crippen molar-refractivity contribution in [2.24, 2.45) is 5.92 Å². The van der Waals surface area contributed by atoms with E-state index >= 15 is 0 Å². The Balaban J connectivity index is 2.42. The van der Waals surface area contributed by atoms with Crippen LogP contribution in [0.5, 0.6) is 5.75 Å². The number of benzene rings is 1. The highest BCUT2D eigenvalue weighted by Crippen LogP contribution is 2.17. The molecule has 0 aliphatic rings. The lowest BCUT2D eigenvalue weighted by molar-refractivity contribution is 0.442. The number of fused-ring (bicyclic) bond motifs is 1. The van der Waals surface area contributed by atoms with Gasteiger partial charge in [-0.25, -0.2) is 0 Å². The molecule has 0 bridgehead atoms. The highest BCUT2D eigenvalue weighted by molar-refractivity contribution is 5.78. The van der Waals surface area contributed by atoms with Crippen LogP contribution in [0.3, 0.4) is 0 Å². The SMILES string of the molecule is CC(C)CCc1ccc2occ(O)c(=O)c2c1. The topological polar surface area (TPSA) is 50.4 Å². The van der Waals surface area contributed by atoms with Crippen LogP contribution in [0.1, 0.15) is 25.8 Å². The molecule has 0 spiro atoms. The standard InChI is InChI=1S/C14H16O3/c1-9(2)3-4-10-5-6-13-11(7-10)14(16)12(15)8-17-13/h5-9,15H,3-4H2,1-2H3. The molecule has 3 heteroatoms. The van der Waals surface area contributed by atoms with Gasteiger partial charge in [0.2, 0.25) is 5.43 Å². The van der Waals surface area contributed by atoms with Gasteiger partial charge in [0.25, 0.3) is 0 Å². The number of hydrogen-bond donors (Lipinski definition) is 1. The molecule has 2 aromatic rings. The molecule has 1 N–H and O–H groups in total. The predicted octanol–water partition coefficient (Wildman–Crippen LogP) is 3.09. The molecule has 0 radical (unpaired) electrons. The Morgan fingerprint density at radius 2 is 2.12 bits per heavy atom. The summed E-state index contributed by atoms with van der Waals surface area (Å²) in [7, 11) is 0. The highest BCUT2D eigenvalue weighted by Gasteiger charge is 2.06. The molecule has 0 unspecified atom stereocenters. The van der Waals surface area contributed by atoms with E-state index in [-0.39, 0.29) is 11.2 Å². The van der Waals surface area contributed by atoms with E-state index in [1.165, 1.54) is 0 Å². The Bertz CT molecular complexity index is 582. The summed E-state index contributed by atoms with van der Waals surface area (Å²) in [6.07, 6.45) is 3.09. The number of aryl methyl sites for hydroxylation is 1. The van der Waals surface area contributed by atoms with Crippen LogP contribution in [-0.2, 0) is 6.42 Å². The van der Waals surface area contributed by atoms with Crippen molar-refractivity contribution in [2.45, 2.75) is 26.7 Å². The summed E-state index contributed by atoms with van der Waals surface area (Å²) in [4.78, 5) is 11.7. The summed E-state index contributed by atoms with van der Waals surface area (Å²) in [6.45, 7) is 4.34. The van der Waals surface area contributed by atoms with Crippen LogP contribution >= 0.6 is 0 Å². The fourth-order valence-electron chi connectivity index (χ4n) is 1.78. The molecular formula is C14H16O3. The normalized spacial score (nSPS) is 11.2. The van der Waals surface area contributed by atoms with Crippen LogP contribution in [0.2, 0.25) is 0 Å². The molecule has 0 aliphatic carbocycles. The summed E-state index contributed by atoms with van der Waals surface area (Å²) in [5.41, 5.74) is 1.25. The van der Waals surface area contributed by atoms with Crippen LogP contribution in [0, 0.1) is 5.92 Å². The van der Waals surface area contributed by atoms with Crippen molar-refractivity contribution < 1.29 is 9.52 Å². The fourth-order valence-corrected chi connectivity index (χ4v) is 1.78. The first kappa shape index (κ1) is 11.7. The Labute approximate surface area is 99.7 Å². The lowest BCUT2D eigenvalue weighted by Crippen LogP contribution is -2.01. The molecule has 1 aromatic carbocycles. The Morgan fingerprint density at radius 1 is 1.35 bits per heavy atom. The summed E-state index contributed by atoms with van der Waals surface area (Å²) in [5, 5.41) is 9.77. The molecule has 17 heavy (non-hydrogen) atoms. The maximum absolute atomic E-state index is 11.7. The van der Waals surface area contributed by atoms with Gasteiger partial charge in [-0.1, -0.05) is 19.9 Å². The minimum absolute atomic E-state index is 0.335. The molecule has 1 heterocycles. The molecule has 0 saturated heterocycles. The largest absolute Gasteiger partial charge is 0.502 e. The molecule has 0 fully saturated rings. The monoisotopic (exact) mass is 232 g/mol. The van der Waals surface area contributed by atoms with Gasteiger partial charge in [0.1, 0.15) is 11.8 Å². The molecule has 0 atom stereocenters. The van der Waals surface area contributed by atoms with E-state index in [1.54, 1.807) is 6.07 Å². The number of aromatic hydroxyl groups is 1. The maximum Gasteiger partial charge on any atom is 0.234 e. The third-order valence-electron chi connectivity index (χ3n) is 2.83. The van der Waals surface area contributed by atoms with Crippen LogP contribution < -0.4 is 5.43 Å². The van der Waals surface area contributed by atoms with Crippen LogP contribution in [-0.4, -0.2) is 5.11 Å². The van der Waals surface area contributed by atoms with Gasteiger partial charge in [-0.3, -0.25) is 4.79 Å². The van der Waals surface area contributed by atoms with Crippen LogP contribution in [0.25, 0.3) is 11.0 Å². The molecule has 0 saturated carbocycles. The van der Waals surface area contributed by atoms with Crippen LogP contribution in [0.15, 0.2) is 33.7 Å². The van der Waals surface area contributed by atoms with E-state index in [0.29, 0.717) is 16.9 Å². The van der Waals surface area contributed by atoms with Gasteiger partial charge in [-0.05, 0) is 36.5 Å². The first-order valence-electron chi connectivity index (χ1n) is 5.81. The van der Waals surface area contributed by atoms with Crippen molar-refractivity contribution >= 4 is 11.0 Å². The second kappa shape index (κ2) is 4.62. The maximum atomic E-state index is 11.7. The van der Waals surface area contributed by atoms with Gasteiger partial charge in [0.05, 0.1) is 5.39 Å². The Kier molecular flexibility index (Phi) is 3.18. The minimum atomic E-state index is -0.363. The van der Waals surface area contributed by atoms with Gasteiger partial charge in [0.15, 0.2) is 5.75 Å². The van der Waals surface area contributed by atoms with E-state index in [9.17, 15) is 9.90 Å². The van der Waals surface area contributed by atoms with Crippen molar-refractivity contribution in [2.75, 3.05) is 0 Å². The molecule has 1 aromatic heterocycles. The van der Waals surface area contributed by atoms with Gasteiger partial charge < -0.3 is 9.52 Å². The predicted molar refractivity (Wildman–Crippen MR) is 67.3 cm³/mol. The van der Waals surface area contributed by atoms with Crippen molar-refractivity contribution in [1.82, 2.24) is 0 Å². The lowest BCUT2D eigenvalue weighted by Gasteiger charge is -2.05. The molecule has 3 nitrogen and oxygen atoms in total. The van der Waals surface area contributed by atoms with Crippen molar-refractivity contribution in [3.05, 3.63) is 40.2 Å². The first-order chi connectivity index (χ1) is 8.08. The third-order valence-corrected chi connectivity index (χ3v) is 2.83. The van der Waals surface area contributed by atoms with Crippen molar-refractivity contribution in [1.29, 1.82) is 0 Å². The summed E-state index contributed by atoms with van der Waals surface area (Å²) < 4.78 is 5.15. The Morgan fingerprint density at radius 3 is 2.82 bits per heavy atom. The van der Waals surface area contributed by atoms with Gasteiger partial charge >= 0.3 is 0 Å². The smallest absolute Gasteiger partial charge is 0.234 e. The molecule has 0 amide bonds. The molecule has 0 aliphatic heterocycles.